The monoisotopic (exact) mass is 211 g/mol. The third-order valence-corrected chi connectivity index (χ3v) is 1.56. The van der Waals surface area contributed by atoms with E-state index < -0.39 is 30.2 Å². The molecule has 0 aliphatic rings. The highest BCUT2D eigenvalue weighted by Crippen LogP contribution is 2.02. The van der Waals surface area contributed by atoms with Gasteiger partial charge in [-0.05, 0) is 0 Å². The summed E-state index contributed by atoms with van der Waals surface area (Å²) in [4.78, 5) is 21.9. The summed E-state index contributed by atoms with van der Waals surface area (Å²) in [6.07, 6.45) is 0. The van der Waals surface area contributed by atoms with Gasteiger partial charge in [0, 0.05) is 21.1 Å². The molecule has 0 aliphatic carbocycles. The Kier molecular flexibility index (Phi) is 3.45. The molecule has 0 radical (unpaired) electrons. The molecule has 0 aliphatic heterocycles. The van der Waals surface area contributed by atoms with Gasteiger partial charge in [-0.2, -0.15) is 11.8 Å². The van der Waals surface area contributed by atoms with Gasteiger partial charge in [0.15, 0.2) is 1.41 Å². The van der Waals surface area contributed by atoms with Crippen molar-refractivity contribution < 1.29 is 25.3 Å². The van der Waals surface area contributed by atoms with Crippen molar-refractivity contribution in [3.63, 3.8) is 0 Å². The number of hydrogen-bond donors (Lipinski definition) is 3. The van der Waals surface area contributed by atoms with Crippen LogP contribution in [0.5, 0.6) is 0 Å². The lowest BCUT2D eigenvalue weighted by atomic mass is 10.3. The van der Waals surface area contributed by atoms with Gasteiger partial charge in [0.25, 0.3) is 0 Å². The fourth-order valence-corrected chi connectivity index (χ4v) is 0.900. The van der Waals surface area contributed by atoms with Crippen molar-refractivity contribution in [3.8, 4) is 0 Å². The number of nitrogens with one attached hydrogen (secondary N) is 1. The van der Waals surface area contributed by atoms with E-state index in [-0.39, 0.29) is 11.1 Å². The van der Waals surface area contributed by atoms with Gasteiger partial charge >= 0.3 is 5.97 Å². The zero-order chi connectivity index (χ0) is 13.9. The standard InChI is InChI=1S/C7H13NO4S/c1-5(10)8-6(7(11)12)4-13-3-2-9/h6,9H,2-4H2,1H3,(H,8,10)(H,11,12)/t6-/m0/s1/i4D2,6D/hD. The van der Waals surface area contributed by atoms with Gasteiger partial charge in [-0.15, -0.1) is 0 Å². The van der Waals surface area contributed by atoms with E-state index in [1.165, 1.54) is 0 Å². The molecule has 0 bridgehead atoms. The second-order valence-electron chi connectivity index (χ2n) is 1.96. The number of carbonyl (C=O) groups excluding carboxylic acids is 1. The highest BCUT2D eigenvalue weighted by Gasteiger charge is 2.17. The summed E-state index contributed by atoms with van der Waals surface area (Å²) < 4.78 is 29.7. The Bertz CT molecular complexity index is 316. The molecule has 3 N–H and O–H groups in total. The van der Waals surface area contributed by atoms with E-state index in [4.69, 9.17) is 15.7 Å². The highest BCUT2D eigenvalue weighted by molar-refractivity contribution is 7.99. The molecule has 0 saturated carbocycles. The largest absolute Gasteiger partial charge is 0.480 e. The number of hydrogen-bond acceptors (Lipinski definition) is 4. The number of carboxylic acids is 1. The fourth-order valence-electron chi connectivity index (χ4n) is 0.437. The molecule has 0 saturated heterocycles. The normalized spacial score (nSPS) is 20.2. The smallest absolute Gasteiger partial charge is 0.327 e. The Morgan fingerprint density at radius 1 is 1.85 bits per heavy atom. The molecule has 76 valence electrons. The topological polar surface area (TPSA) is 86.6 Å². The van der Waals surface area contributed by atoms with E-state index in [9.17, 15) is 9.59 Å². The van der Waals surface area contributed by atoms with E-state index in [1.807, 2.05) is 0 Å². The summed E-state index contributed by atoms with van der Waals surface area (Å²) in [6, 6.07) is -3.07. The number of rotatable bonds is 6. The maximum Gasteiger partial charge on any atom is 0.327 e. The quantitative estimate of drug-likeness (QED) is 0.541. The number of aliphatic carboxylic acids is 1. The van der Waals surface area contributed by atoms with E-state index in [0.717, 1.165) is 6.92 Å². The molecule has 0 aromatic carbocycles. The Morgan fingerprint density at radius 3 is 2.85 bits per heavy atom. The Labute approximate surface area is 86.2 Å². The molecule has 5 nitrogen and oxygen atoms in total. The van der Waals surface area contributed by atoms with Crippen LogP contribution < -0.4 is 5.31 Å². The highest BCUT2D eigenvalue weighted by atomic mass is 32.2. The number of carbonyl (C=O) groups is 2. The third-order valence-electron chi connectivity index (χ3n) is 0.834. The average Bonchev–Trinajstić information content (AvgIpc) is 2.23. The van der Waals surface area contributed by atoms with Crippen molar-refractivity contribution in [3.05, 3.63) is 0 Å². The summed E-state index contributed by atoms with van der Waals surface area (Å²) in [6.45, 7) is 0.462. The van der Waals surface area contributed by atoms with Crippen LogP contribution in [0, 0.1) is 0 Å². The maximum atomic E-state index is 11.0. The first-order valence-electron chi connectivity index (χ1n) is 5.34. The lowest BCUT2D eigenvalue weighted by Crippen LogP contribution is -2.41. The first-order chi connectivity index (χ1) is 7.61. The van der Waals surface area contributed by atoms with Gasteiger partial charge in [-0.1, -0.05) is 0 Å². The molecule has 0 heterocycles. The Morgan fingerprint density at radius 2 is 2.46 bits per heavy atom. The second-order valence-corrected chi connectivity index (χ2v) is 2.86. The summed E-state index contributed by atoms with van der Waals surface area (Å²) in [5.74, 6) is -3.15. The predicted molar refractivity (Wildman–Crippen MR) is 49.7 cm³/mol. The minimum absolute atomic E-state index is 0.146. The summed E-state index contributed by atoms with van der Waals surface area (Å²) in [7, 11) is 0. The number of aliphatic hydroxyl groups excluding tert-OH is 1. The van der Waals surface area contributed by atoms with Crippen LogP contribution in [0.3, 0.4) is 0 Å². The van der Waals surface area contributed by atoms with Gasteiger partial charge < -0.3 is 15.5 Å². The van der Waals surface area contributed by atoms with Crippen LogP contribution in [-0.2, 0) is 9.59 Å². The van der Waals surface area contributed by atoms with Gasteiger partial charge in [0.05, 0.1) is 7.98 Å². The molecular weight excluding hydrogens is 194 g/mol. The van der Waals surface area contributed by atoms with E-state index in [2.05, 4.69) is 0 Å². The molecule has 0 spiro atoms. The average molecular weight is 211 g/mol. The zero-order valence-electron chi connectivity index (χ0n) is 11.0. The predicted octanol–water partition coefficient (Wildman–Crippen LogP) is -0.699. The van der Waals surface area contributed by atoms with Crippen LogP contribution in [-0.4, -0.2) is 46.2 Å². The van der Waals surface area contributed by atoms with Gasteiger partial charge in [-0.3, -0.25) is 4.79 Å². The van der Waals surface area contributed by atoms with Crippen molar-refractivity contribution in [2.75, 3.05) is 18.1 Å². The van der Waals surface area contributed by atoms with E-state index >= 15 is 0 Å². The number of amides is 1. The third kappa shape index (κ3) is 6.41. The van der Waals surface area contributed by atoms with Crippen LogP contribution in [0.15, 0.2) is 0 Å². The number of thioether (sulfide) groups is 1. The van der Waals surface area contributed by atoms with Crippen LogP contribution in [0.2, 0.25) is 1.41 Å². The van der Waals surface area contributed by atoms with Crippen molar-refractivity contribution in [2.24, 2.45) is 0 Å². The SMILES string of the molecule is [2H]N(C(C)=O)[C@]([2H])(C(=O)O)C([2H])([2H])SCCO. The maximum absolute atomic E-state index is 11.0. The van der Waals surface area contributed by atoms with Crippen LogP contribution >= 0.6 is 11.8 Å². The van der Waals surface area contributed by atoms with Gasteiger partial charge in [0.1, 0.15) is 6.02 Å². The molecule has 13 heavy (non-hydrogen) atoms. The molecule has 6 heteroatoms. The fraction of sp³-hybridized carbons (Fsp3) is 0.714. The second kappa shape index (κ2) is 6.73. The number of aliphatic hydroxyl groups is 1. The van der Waals surface area contributed by atoms with Crippen LogP contribution in [0.25, 0.3) is 0 Å². The minimum atomic E-state index is -3.07. The zero-order valence-corrected chi connectivity index (χ0v) is 7.80. The molecule has 0 aromatic heterocycles. The minimum Gasteiger partial charge on any atom is -0.480 e. The van der Waals surface area contributed by atoms with Gasteiger partial charge in [-0.25, -0.2) is 4.79 Å². The summed E-state index contributed by atoms with van der Waals surface area (Å²) >= 11 is 0.361. The molecule has 0 unspecified atom stereocenters. The van der Waals surface area contributed by atoms with E-state index in [1.54, 1.807) is 0 Å². The molecule has 0 aromatic rings. The van der Waals surface area contributed by atoms with Crippen molar-refractivity contribution in [2.45, 2.75) is 12.9 Å². The van der Waals surface area contributed by atoms with Crippen molar-refractivity contribution in [1.29, 1.82) is 0 Å². The van der Waals surface area contributed by atoms with Crippen molar-refractivity contribution in [1.82, 2.24) is 5.31 Å². The number of carboxylic acid groups (broad SMARTS) is 1. The Balaban J connectivity index is 5.33. The molecule has 1 atom stereocenters. The first-order valence-corrected chi connectivity index (χ1v) is 4.37. The van der Waals surface area contributed by atoms with E-state index in [0.29, 0.717) is 11.8 Å². The summed E-state index contributed by atoms with van der Waals surface area (Å²) in [5, 5.41) is 17.2. The van der Waals surface area contributed by atoms with Crippen LogP contribution in [0.1, 0.15) is 11.0 Å². The summed E-state index contributed by atoms with van der Waals surface area (Å²) in [5.41, 5.74) is -2.73. The van der Waals surface area contributed by atoms with Crippen LogP contribution in [0.4, 0.5) is 0 Å². The Hall–Kier alpha value is -0.750. The first kappa shape index (κ1) is 6.67. The van der Waals surface area contributed by atoms with Crippen molar-refractivity contribution >= 4 is 23.6 Å². The van der Waals surface area contributed by atoms with Gasteiger partial charge in [0.2, 0.25) is 5.91 Å². The lowest BCUT2D eigenvalue weighted by molar-refractivity contribution is -0.140. The lowest BCUT2D eigenvalue weighted by Gasteiger charge is -2.11. The molecule has 0 rings (SSSR count). The molecular formula is C7H13NO4S. The molecule has 1 amide bonds. The molecule has 0 fully saturated rings.